The number of halogens is 1. The van der Waals surface area contributed by atoms with Gasteiger partial charge < -0.3 is 4.90 Å². The van der Waals surface area contributed by atoms with Gasteiger partial charge in [-0.25, -0.2) is 4.98 Å². The van der Waals surface area contributed by atoms with Gasteiger partial charge >= 0.3 is 0 Å². The van der Waals surface area contributed by atoms with E-state index in [-0.39, 0.29) is 0 Å². The number of hydrogen-bond acceptors (Lipinski definition) is 4. The number of nitrogens with zero attached hydrogens (tertiary/aromatic N) is 3. The molecule has 2 aromatic heterocycles. The van der Waals surface area contributed by atoms with Crippen molar-refractivity contribution < 1.29 is 4.21 Å². The van der Waals surface area contributed by atoms with Crippen LogP contribution in [0, 0.1) is 0 Å². The molecule has 1 saturated heterocycles. The highest BCUT2D eigenvalue weighted by Gasteiger charge is 2.22. The molecule has 0 radical (unpaired) electrons. The zero-order valence-electron chi connectivity index (χ0n) is 9.13. The van der Waals surface area contributed by atoms with Crippen LogP contribution in [0.5, 0.6) is 0 Å². The number of aromatic nitrogens is 2. The van der Waals surface area contributed by atoms with Gasteiger partial charge in [0.25, 0.3) is 0 Å². The second-order valence-corrected chi connectivity index (χ2v) is 6.74. The van der Waals surface area contributed by atoms with E-state index in [9.17, 15) is 4.21 Å². The van der Waals surface area contributed by atoms with E-state index in [1.807, 2.05) is 16.0 Å². The Hall–Kier alpha value is -0.590. The lowest BCUT2D eigenvalue weighted by molar-refractivity contribution is 0.672. The van der Waals surface area contributed by atoms with Gasteiger partial charge in [-0.15, -0.1) is 22.9 Å². The van der Waals surface area contributed by atoms with Crippen LogP contribution in [-0.4, -0.2) is 38.2 Å². The molecule has 1 fully saturated rings. The van der Waals surface area contributed by atoms with Gasteiger partial charge in [-0.1, -0.05) is 0 Å². The van der Waals surface area contributed by atoms with Crippen molar-refractivity contribution >= 4 is 44.5 Å². The van der Waals surface area contributed by atoms with Gasteiger partial charge in [-0.2, -0.15) is 0 Å². The molecular formula is C10H12ClN3OS2. The normalized spacial score (nSPS) is 18.1. The highest BCUT2D eigenvalue weighted by atomic mass is 35.5. The molecule has 3 rings (SSSR count). The van der Waals surface area contributed by atoms with E-state index in [0.717, 1.165) is 41.1 Å². The maximum Gasteiger partial charge on any atom is 0.195 e. The Morgan fingerprint density at radius 3 is 2.94 bits per heavy atom. The zero-order chi connectivity index (χ0) is 11.8. The van der Waals surface area contributed by atoms with Crippen molar-refractivity contribution in [2.45, 2.75) is 5.88 Å². The van der Waals surface area contributed by atoms with E-state index in [0.29, 0.717) is 5.88 Å². The van der Waals surface area contributed by atoms with Crippen LogP contribution in [0.4, 0.5) is 5.82 Å². The second kappa shape index (κ2) is 4.59. The van der Waals surface area contributed by atoms with Gasteiger partial charge in [0.05, 0.1) is 11.6 Å². The van der Waals surface area contributed by atoms with Crippen molar-refractivity contribution in [1.82, 2.24) is 9.38 Å². The summed E-state index contributed by atoms with van der Waals surface area (Å²) in [7, 11) is -0.658. The summed E-state index contributed by atoms with van der Waals surface area (Å²) < 4.78 is 13.4. The maximum absolute atomic E-state index is 11.4. The summed E-state index contributed by atoms with van der Waals surface area (Å²) in [5.41, 5.74) is 1.04. The fraction of sp³-hybridized carbons (Fsp3) is 0.500. The van der Waals surface area contributed by atoms with Crippen LogP contribution in [0.2, 0.25) is 0 Å². The highest BCUT2D eigenvalue weighted by molar-refractivity contribution is 7.85. The van der Waals surface area contributed by atoms with Gasteiger partial charge in [0.2, 0.25) is 0 Å². The van der Waals surface area contributed by atoms with Gasteiger partial charge in [-0.05, 0) is 0 Å². The molecule has 0 spiro atoms. The molecule has 1 aliphatic rings. The summed E-state index contributed by atoms with van der Waals surface area (Å²) in [6.07, 6.45) is 2.00. The van der Waals surface area contributed by atoms with Crippen LogP contribution in [-0.2, 0) is 16.7 Å². The molecule has 0 amide bonds. The number of thiazole rings is 1. The van der Waals surface area contributed by atoms with Gasteiger partial charge in [0.1, 0.15) is 0 Å². The number of imidazole rings is 1. The average molecular weight is 290 g/mol. The van der Waals surface area contributed by atoms with Crippen molar-refractivity contribution in [3.63, 3.8) is 0 Å². The molecule has 0 N–H and O–H groups in total. The molecule has 1 aliphatic heterocycles. The maximum atomic E-state index is 11.4. The molecule has 0 bridgehead atoms. The Morgan fingerprint density at radius 2 is 2.24 bits per heavy atom. The molecule has 0 aliphatic carbocycles. The first-order valence-electron chi connectivity index (χ1n) is 5.40. The predicted octanol–water partition coefficient (Wildman–Crippen LogP) is 1.70. The summed E-state index contributed by atoms with van der Waals surface area (Å²) in [5.74, 6) is 2.87. The van der Waals surface area contributed by atoms with Crippen molar-refractivity contribution in [3.05, 3.63) is 17.3 Å². The molecule has 0 atom stereocenters. The zero-order valence-corrected chi connectivity index (χ0v) is 11.5. The van der Waals surface area contributed by atoms with Crippen molar-refractivity contribution in [1.29, 1.82) is 0 Å². The minimum Gasteiger partial charge on any atom is -0.353 e. The number of rotatable bonds is 2. The average Bonchev–Trinajstić information content (AvgIpc) is 2.89. The number of alkyl halides is 1. The van der Waals surface area contributed by atoms with Crippen LogP contribution in [0.1, 0.15) is 5.69 Å². The SMILES string of the molecule is O=S1CCN(c2nc3sccn3c2CCl)CC1. The predicted molar refractivity (Wildman–Crippen MR) is 72.7 cm³/mol. The molecule has 0 unspecified atom stereocenters. The fourth-order valence-corrected chi connectivity index (χ4v) is 4.08. The number of hydrogen-bond donors (Lipinski definition) is 0. The first kappa shape index (κ1) is 11.5. The largest absolute Gasteiger partial charge is 0.353 e. The van der Waals surface area contributed by atoms with E-state index in [2.05, 4.69) is 9.88 Å². The van der Waals surface area contributed by atoms with Crippen molar-refractivity contribution in [2.24, 2.45) is 0 Å². The highest BCUT2D eigenvalue weighted by Crippen LogP contribution is 2.26. The Kier molecular flexibility index (Phi) is 3.10. The molecule has 7 heteroatoms. The lowest BCUT2D eigenvalue weighted by atomic mass is 10.4. The lowest BCUT2D eigenvalue weighted by Crippen LogP contribution is -2.38. The van der Waals surface area contributed by atoms with E-state index in [1.165, 1.54) is 0 Å². The molecular weight excluding hydrogens is 278 g/mol. The topological polar surface area (TPSA) is 37.6 Å². The minimum atomic E-state index is -0.658. The van der Waals surface area contributed by atoms with Gasteiger partial charge in [0, 0.05) is 47.0 Å². The molecule has 17 heavy (non-hydrogen) atoms. The fourth-order valence-electron chi connectivity index (χ4n) is 2.05. The minimum absolute atomic E-state index is 0.451. The van der Waals surface area contributed by atoms with Crippen LogP contribution in [0.25, 0.3) is 4.96 Å². The van der Waals surface area contributed by atoms with Crippen LogP contribution < -0.4 is 4.90 Å². The van der Waals surface area contributed by atoms with Gasteiger partial charge in [-0.3, -0.25) is 8.61 Å². The van der Waals surface area contributed by atoms with Crippen LogP contribution in [0.3, 0.4) is 0 Å². The Labute approximate surface area is 111 Å². The molecule has 0 saturated carbocycles. The molecule has 2 aromatic rings. The lowest BCUT2D eigenvalue weighted by Gasteiger charge is -2.27. The smallest absolute Gasteiger partial charge is 0.195 e. The molecule has 92 valence electrons. The number of fused-ring (bicyclic) bond motifs is 1. The summed E-state index contributed by atoms with van der Waals surface area (Å²) >= 11 is 7.62. The van der Waals surface area contributed by atoms with Crippen LogP contribution in [0.15, 0.2) is 11.6 Å². The van der Waals surface area contributed by atoms with Gasteiger partial charge in [0.15, 0.2) is 10.8 Å². The Morgan fingerprint density at radius 1 is 1.47 bits per heavy atom. The summed E-state index contributed by atoms with van der Waals surface area (Å²) in [4.78, 5) is 7.78. The second-order valence-electron chi connectivity index (χ2n) is 3.91. The molecule has 0 aromatic carbocycles. The molecule has 4 nitrogen and oxygen atoms in total. The monoisotopic (exact) mass is 289 g/mol. The standard InChI is InChI=1S/C10H12ClN3OS2/c11-7-8-9(12-10-14(8)1-4-16-10)13-2-5-17(15)6-3-13/h1,4H,2-3,5-7H2. The van der Waals surface area contributed by atoms with E-state index in [1.54, 1.807) is 11.3 Å². The number of anilines is 1. The molecule has 3 heterocycles. The third-order valence-electron chi connectivity index (χ3n) is 2.94. The van der Waals surface area contributed by atoms with E-state index >= 15 is 0 Å². The Bertz CT molecular complexity index is 555. The first-order valence-corrected chi connectivity index (χ1v) is 8.30. The van der Waals surface area contributed by atoms with E-state index < -0.39 is 10.8 Å². The summed E-state index contributed by atoms with van der Waals surface area (Å²) in [6.45, 7) is 1.61. The Balaban J connectivity index is 1.98. The third-order valence-corrected chi connectivity index (χ3v) is 5.23. The summed E-state index contributed by atoms with van der Waals surface area (Å²) in [6, 6.07) is 0. The van der Waals surface area contributed by atoms with Crippen LogP contribution >= 0.6 is 22.9 Å². The summed E-state index contributed by atoms with van der Waals surface area (Å²) in [5, 5.41) is 2.01. The quantitative estimate of drug-likeness (QED) is 0.790. The third kappa shape index (κ3) is 1.98. The van der Waals surface area contributed by atoms with E-state index in [4.69, 9.17) is 11.6 Å². The van der Waals surface area contributed by atoms with Crippen molar-refractivity contribution in [3.8, 4) is 0 Å². The first-order chi connectivity index (χ1) is 8.29. The van der Waals surface area contributed by atoms with Crippen molar-refractivity contribution in [2.75, 3.05) is 29.5 Å².